The maximum atomic E-state index is 6.95. The number of fused-ring (bicyclic) bond motifs is 11. The van der Waals surface area contributed by atoms with Crippen LogP contribution in [0.3, 0.4) is 0 Å². The van der Waals surface area contributed by atoms with Crippen molar-refractivity contribution in [3.05, 3.63) is 198 Å². The highest BCUT2D eigenvalue weighted by atomic mass is 32.1. The second-order valence-corrected chi connectivity index (χ2v) is 16.0. The molecule has 3 aromatic heterocycles. The van der Waals surface area contributed by atoms with Gasteiger partial charge in [-0.1, -0.05) is 140 Å². The summed E-state index contributed by atoms with van der Waals surface area (Å²) in [5, 5.41) is 9.69. The molecule has 1 aliphatic heterocycles. The number of thiophene rings is 1. The van der Waals surface area contributed by atoms with Gasteiger partial charge >= 0.3 is 0 Å². The van der Waals surface area contributed by atoms with Crippen molar-refractivity contribution in [3.8, 4) is 16.8 Å². The minimum Gasteiger partial charge on any atom is -0.454 e. The van der Waals surface area contributed by atoms with Crippen molar-refractivity contribution in [2.24, 2.45) is 4.99 Å². The van der Waals surface area contributed by atoms with Gasteiger partial charge in [0.15, 0.2) is 5.58 Å². The Hall–Kier alpha value is -6.75. The number of para-hydroxylation sites is 3. The molecular formula is C52H34N2OS. The van der Waals surface area contributed by atoms with Crippen LogP contribution >= 0.6 is 11.3 Å². The highest BCUT2D eigenvalue weighted by molar-refractivity contribution is 7.26. The summed E-state index contributed by atoms with van der Waals surface area (Å²) in [6, 6.07) is 63.7. The van der Waals surface area contributed by atoms with Gasteiger partial charge in [0.2, 0.25) is 0 Å². The summed E-state index contributed by atoms with van der Waals surface area (Å²) in [4.78, 5) is 5.41. The molecule has 12 rings (SSSR count). The van der Waals surface area contributed by atoms with Crippen LogP contribution in [0, 0.1) is 0 Å². The summed E-state index contributed by atoms with van der Waals surface area (Å²) in [6.45, 7) is 0. The maximum absolute atomic E-state index is 6.95. The fourth-order valence-electron chi connectivity index (χ4n) is 9.20. The first-order chi connectivity index (χ1) is 27.8. The first kappa shape index (κ1) is 31.6. The van der Waals surface area contributed by atoms with Gasteiger partial charge in [-0.25, -0.2) is 0 Å². The standard InChI is InChI=1S/C52H34N2OS/c1-2-11-32(12-3-1)33-21-23-34(24-22-33)36-27-29-43(53-44-17-7-4-13-37(36)44)35-25-26-38-40-16-10-19-47(51(40)55-48(38)31-35)54-45-18-8-5-15-42(45)50-46(54)30-28-41-39-14-6-9-20-49(39)56-52(41)50/h1-26,28,30-31,43H,27,29H2/t43-/m0/s1. The smallest absolute Gasteiger partial charge is 0.159 e. The predicted octanol–water partition coefficient (Wildman–Crippen LogP) is 13.1. The average molecular weight is 735 g/mol. The van der Waals surface area contributed by atoms with Crippen molar-refractivity contribution in [2.75, 3.05) is 0 Å². The van der Waals surface area contributed by atoms with Crippen LogP contribution in [-0.4, -0.2) is 4.57 Å². The molecule has 0 saturated carbocycles. The van der Waals surface area contributed by atoms with E-state index in [0.29, 0.717) is 0 Å². The maximum Gasteiger partial charge on any atom is 0.159 e. The van der Waals surface area contributed by atoms with E-state index in [1.807, 2.05) is 11.3 Å². The first-order valence-corrected chi connectivity index (χ1v) is 20.2. The van der Waals surface area contributed by atoms with E-state index < -0.39 is 0 Å². The van der Waals surface area contributed by atoms with Gasteiger partial charge in [-0.05, 0) is 77.1 Å². The molecule has 56 heavy (non-hydrogen) atoms. The van der Waals surface area contributed by atoms with E-state index in [4.69, 9.17) is 9.41 Å². The number of hydrogen-bond acceptors (Lipinski definition) is 3. The second-order valence-electron chi connectivity index (χ2n) is 14.9. The third-order valence-corrected chi connectivity index (χ3v) is 13.0. The molecule has 0 radical (unpaired) electrons. The topological polar surface area (TPSA) is 30.4 Å². The molecule has 1 atom stereocenters. The Morgan fingerprint density at radius 3 is 2.20 bits per heavy atom. The van der Waals surface area contributed by atoms with Crippen molar-refractivity contribution in [2.45, 2.75) is 18.9 Å². The first-order valence-electron chi connectivity index (χ1n) is 19.4. The number of furan rings is 1. The van der Waals surface area contributed by atoms with Gasteiger partial charge in [0.05, 0.1) is 28.1 Å². The second kappa shape index (κ2) is 12.4. The summed E-state index contributed by atoms with van der Waals surface area (Å²) in [6.07, 6.45) is 1.84. The van der Waals surface area contributed by atoms with E-state index in [2.05, 4.69) is 180 Å². The number of aromatic nitrogens is 1. The van der Waals surface area contributed by atoms with Gasteiger partial charge in [-0.3, -0.25) is 4.99 Å². The third kappa shape index (κ3) is 4.79. The van der Waals surface area contributed by atoms with Crippen LogP contribution in [0.25, 0.3) is 86.3 Å². The van der Waals surface area contributed by atoms with E-state index in [-0.39, 0.29) is 6.04 Å². The fourth-order valence-corrected chi connectivity index (χ4v) is 10.5. The van der Waals surface area contributed by atoms with Crippen molar-refractivity contribution >= 4 is 80.8 Å². The van der Waals surface area contributed by atoms with Crippen molar-refractivity contribution < 1.29 is 4.42 Å². The highest BCUT2D eigenvalue weighted by Gasteiger charge is 2.22. The molecule has 1 aliphatic rings. The van der Waals surface area contributed by atoms with Crippen LogP contribution in [-0.2, 0) is 0 Å². The predicted molar refractivity (Wildman–Crippen MR) is 235 cm³/mol. The highest BCUT2D eigenvalue weighted by Crippen LogP contribution is 2.45. The van der Waals surface area contributed by atoms with Gasteiger partial charge in [0.25, 0.3) is 0 Å². The molecule has 8 aromatic carbocycles. The molecule has 0 aliphatic carbocycles. The van der Waals surface area contributed by atoms with Crippen LogP contribution < -0.4 is 10.6 Å². The lowest BCUT2D eigenvalue weighted by Gasteiger charge is -2.13. The number of nitrogens with zero attached hydrogens (tertiary/aromatic N) is 2. The van der Waals surface area contributed by atoms with Gasteiger partial charge in [0, 0.05) is 46.9 Å². The lowest BCUT2D eigenvalue weighted by Crippen LogP contribution is -2.26. The van der Waals surface area contributed by atoms with Crippen LogP contribution in [0.2, 0.25) is 0 Å². The Labute approximate surface area is 326 Å². The Morgan fingerprint density at radius 1 is 0.554 bits per heavy atom. The van der Waals surface area contributed by atoms with E-state index in [9.17, 15) is 0 Å². The molecule has 0 bridgehead atoms. The summed E-state index contributed by atoms with van der Waals surface area (Å²) >= 11 is 1.89. The van der Waals surface area contributed by atoms with Crippen LogP contribution in [0.5, 0.6) is 0 Å². The molecule has 4 heterocycles. The van der Waals surface area contributed by atoms with Gasteiger partial charge in [-0.15, -0.1) is 11.3 Å². The van der Waals surface area contributed by atoms with E-state index >= 15 is 0 Å². The molecule has 0 spiro atoms. The minimum atomic E-state index is 0.00961. The van der Waals surface area contributed by atoms with E-state index in [1.54, 1.807) is 0 Å². The van der Waals surface area contributed by atoms with Crippen LogP contribution in [0.15, 0.2) is 185 Å². The van der Waals surface area contributed by atoms with Gasteiger partial charge in [0.1, 0.15) is 5.58 Å². The Balaban J connectivity index is 0.973. The van der Waals surface area contributed by atoms with Crippen LogP contribution in [0.1, 0.15) is 30.0 Å². The lowest BCUT2D eigenvalue weighted by atomic mass is 9.93. The molecular weight excluding hydrogens is 701 g/mol. The molecule has 0 unspecified atom stereocenters. The zero-order chi connectivity index (χ0) is 36.7. The Bertz CT molecular complexity index is 3480. The Morgan fingerprint density at radius 2 is 1.29 bits per heavy atom. The van der Waals surface area contributed by atoms with E-state index in [0.717, 1.165) is 45.8 Å². The van der Waals surface area contributed by atoms with Crippen molar-refractivity contribution in [3.63, 3.8) is 0 Å². The molecule has 0 fully saturated rings. The summed E-state index contributed by atoms with van der Waals surface area (Å²) in [7, 11) is 0. The lowest BCUT2D eigenvalue weighted by molar-refractivity contribution is 0.647. The molecule has 0 N–H and O–H groups in total. The van der Waals surface area contributed by atoms with E-state index in [1.165, 1.54) is 75.0 Å². The largest absolute Gasteiger partial charge is 0.454 e. The Kier molecular flexibility index (Phi) is 6.99. The molecule has 0 amide bonds. The average Bonchev–Trinajstić information content (AvgIpc) is 3.89. The van der Waals surface area contributed by atoms with Crippen molar-refractivity contribution in [1.82, 2.24) is 4.57 Å². The normalized spacial score (nSPS) is 14.6. The summed E-state index contributed by atoms with van der Waals surface area (Å²) in [5.74, 6) is 0. The summed E-state index contributed by atoms with van der Waals surface area (Å²) in [5.41, 5.74) is 11.5. The molecule has 3 nitrogen and oxygen atoms in total. The monoisotopic (exact) mass is 734 g/mol. The molecule has 11 aromatic rings. The quantitative estimate of drug-likeness (QED) is 0.177. The molecule has 4 heteroatoms. The number of benzene rings is 8. The summed E-state index contributed by atoms with van der Waals surface area (Å²) < 4.78 is 12.0. The number of hydrogen-bond donors (Lipinski definition) is 0. The third-order valence-electron chi connectivity index (χ3n) is 11.8. The molecule has 0 saturated heterocycles. The number of rotatable bonds is 4. The van der Waals surface area contributed by atoms with Gasteiger partial charge in [-0.2, -0.15) is 0 Å². The molecule has 264 valence electrons. The minimum absolute atomic E-state index is 0.00961. The SMILES string of the molecule is c1ccc(-c2ccc(C3=c4ccccc4=N[C@H](c4ccc5c(c4)oc4c(-n6c7ccccc7c7c8sc9ccccc9c8ccc76)cccc45)CC3)cc2)cc1. The zero-order valence-electron chi connectivity index (χ0n) is 30.4. The van der Waals surface area contributed by atoms with Crippen molar-refractivity contribution in [1.29, 1.82) is 0 Å². The van der Waals surface area contributed by atoms with Crippen LogP contribution in [0.4, 0.5) is 0 Å². The fraction of sp³-hybridized carbons (Fsp3) is 0.0577. The zero-order valence-corrected chi connectivity index (χ0v) is 31.3. The van der Waals surface area contributed by atoms with Gasteiger partial charge < -0.3 is 8.98 Å².